The van der Waals surface area contributed by atoms with Gasteiger partial charge < -0.3 is 10.3 Å². The van der Waals surface area contributed by atoms with E-state index in [1.165, 1.54) is 52.5 Å². The van der Waals surface area contributed by atoms with E-state index in [4.69, 9.17) is 0 Å². The van der Waals surface area contributed by atoms with Gasteiger partial charge in [-0.05, 0) is 62.4 Å². The summed E-state index contributed by atoms with van der Waals surface area (Å²) in [4.78, 5) is 3.68. The van der Waals surface area contributed by atoms with Crippen molar-refractivity contribution < 1.29 is 0 Å². The molecule has 2 aromatic carbocycles. The second-order valence-corrected chi connectivity index (χ2v) is 6.70. The summed E-state index contributed by atoms with van der Waals surface area (Å²) in [5.74, 6) is 0. The van der Waals surface area contributed by atoms with Gasteiger partial charge in [-0.15, -0.1) is 0 Å². The number of hydrogen-bond acceptors (Lipinski definition) is 1. The Morgan fingerprint density at radius 2 is 2.00 bits per heavy atom. The lowest BCUT2D eigenvalue weighted by Crippen LogP contribution is -2.27. The molecule has 0 aliphatic heterocycles. The summed E-state index contributed by atoms with van der Waals surface area (Å²) in [6, 6.07) is 18.0. The highest BCUT2D eigenvalue weighted by Gasteiger charge is 2.23. The number of benzene rings is 2. The quantitative estimate of drug-likeness (QED) is 0.719. The highest BCUT2D eigenvalue weighted by atomic mass is 14.9. The predicted molar refractivity (Wildman–Crippen MR) is 96.9 cm³/mol. The van der Waals surface area contributed by atoms with Gasteiger partial charge in [0.2, 0.25) is 0 Å². The Bertz CT molecular complexity index is 801. The van der Waals surface area contributed by atoms with Crippen molar-refractivity contribution in [2.45, 2.75) is 38.6 Å². The second kappa shape index (κ2) is 6.21. The third kappa shape index (κ3) is 2.91. The average molecular weight is 304 g/mol. The van der Waals surface area contributed by atoms with Crippen molar-refractivity contribution in [3.05, 3.63) is 70.9 Å². The number of H-pyrrole nitrogens is 1. The van der Waals surface area contributed by atoms with Crippen molar-refractivity contribution in [1.82, 2.24) is 10.3 Å². The van der Waals surface area contributed by atoms with Crippen LogP contribution in [0.2, 0.25) is 0 Å². The zero-order chi connectivity index (χ0) is 15.6. The Morgan fingerprint density at radius 3 is 2.87 bits per heavy atom. The van der Waals surface area contributed by atoms with Crippen molar-refractivity contribution in [2.24, 2.45) is 0 Å². The van der Waals surface area contributed by atoms with Crippen LogP contribution in [0, 0.1) is 6.92 Å². The highest BCUT2D eigenvalue weighted by Crippen LogP contribution is 2.35. The van der Waals surface area contributed by atoms with E-state index in [2.05, 4.69) is 65.8 Å². The van der Waals surface area contributed by atoms with Gasteiger partial charge in [0.1, 0.15) is 0 Å². The Morgan fingerprint density at radius 1 is 1.13 bits per heavy atom. The molecular formula is C21H24N2. The van der Waals surface area contributed by atoms with Gasteiger partial charge in [0.25, 0.3) is 0 Å². The van der Waals surface area contributed by atoms with Crippen LogP contribution < -0.4 is 5.32 Å². The normalized spacial score (nSPS) is 17.3. The second-order valence-electron chi connectivity index (χ2n) is 6.70. The van der Waals surface area contributed by atoms with Crippen LogP contribution in [0.3, 0.4) is 0 Å². The van der Waals surface area contributed by atoms with Gasteiger partial charge in [0, 0.05) is 22.6 Å². The molecule has 1 atom stereocenters. The standard InChI is InChI=1S/C21H24N2/c1-15-10-11-19-18(14-15)17-8-5-9-20(21(17)23-19)22-13-12-16-6-3-2-4-7-16/h2-4,6-7,10-11,14,20,22-23H,5,8-9,12-13H2,1H3. The van der Waals surface area contributed by atoms with Gasteiger partial charge >= 0.3 is 0 Å². The zero-order valence-corrected chi connectivity index (χ0v) is 13.7. The van der Waals surface area contributed by atoms with E-state index in [1.54, 1.807) is 0 Å². The van der Waals surface area contributed by atoms with Crippen LogP contribution >= 0.6 is 0 Å². The highest BCUT2D eigenvalue weighted by molar-refractivity contribution is 5.85. The molecule has 0 fully saturated rings. The van der Waals surface area contributed by atoms with Gasteiger partial charge in [-0.2, -0.15) is 0 Å². The van der Waals surface area contributed by atoms with Gasteiger partial charge in [0.15, 0.2) is 0 Å². The first-order valence-corrected chi connectivity index (χ1v) is 8.69. The first-order chi connectivity index (χ1) is 11.3. The summed E-state index contributed by atoms with van der Waals surface area (Å²) in [6.07, 6.45) is 4.80. The molecule has 3 aromatic rings. The van der Waals surface area contributed by atoms with Gasteiger partial charge in [-0.3, -0.25) is 0 Å². The van der Waals surface area contributed by atoms with Crippen LogP contribution in [0.4, 0.5) is 0 Å². The molecule has 23 heavy (non-hydrogen) atoms. The fourth-order valence-corrected chi connectivity index (χ4v) is 3.82. The van der Waals surface area contributed by atoms with E-state index in [1.807, 2.05) is 0 Å². The molecular weight excluding hydrogens is 280 g/mol. The van der Waals surface area contributed by atoms with E-state index >= 15 is 0 Å². The van der Waals surface area contributed by atoms with Gasteiger partial charge in [-0.1, -0.05) is 42.0 Å². The molecule has 2 N–H and O–H groups in total. The Balaban J connectivity index is 1.52. The lowest BCUT2D eigenvalue weighted by molar-refractivity contribution is 0.456. The molecule has 0 bridgehead atoms. The largest absolute Gasteiger partial charge is 0.357 e. The topological polar surface area (TPSA) is 27.8 Å². The maximum absolute atomic E-state index is 3.77. The van der Waals surface area contributed by atoms with Crippen molar-refractivity contribution in [3.8, 4) is 0 Å². The third-order valence-corrected chi connectivity index (χ3v) is 5.01. The number of fused-ring (bicyclic) bond motifs is 3. The molecule has 0 saturated heterocycles. The van der Waals surface area contributed by atoms with Crippen molar-refractivity contribution in [2.75, 3.05) is 6.54 Å². The molecule has 2 heteroatoms. The lowest BCUT2D eigenvalue weighted by Gasteiger charge is -2.24. The van der Waals surface area contributed by atoms with E-state index in [0.717, 1.165) is 13.0 Å². The molecule has 0 radical (unpaired) electrons. The van der Waals surface area contributed by atoms with Crippen LogP contribution in [0.25, 0.3) is 10.9 Å². The fraction of sp³-hybridized carbons (Fsp3) is 0.333. The first kappa shape index (κ1) is 14.5. The Labute approximate surface area is 137 Å². The van der Waals surface area contributed by atoms with Crippen LogP contribution in [0.15, 0.2) is 48.5 Å². The number of aryl methyl sites for hydroxylation is 2. The van der Waals surface area contributed by atoms with Crippen LogP contribution in [-0.2, 0) is 12.8 Å². The molecule has 0 saturated carbocycles. The minimum atomic E-state index is 0.468. The van der Waals surface area contributed by atoms with Crippen molar-refractivity contribution in [1.29, 1.82) is 0 Å². The molecule has 1 aliphatic carbocycles. The third-order valence-electron chi connectivity index (χ3n) is 5.01. The summed E-state index contributed by atoms with van der Waals surface area (Å²) < 4.78 is 0. The summed E-state index contributed by atoms with van der Waals surface area (Å²) in [5, 5.41) is 5.20. The monoisotopic (exact) mass is 304 g/mol. The molecule has 1 aromatic heterocycles. The predicted octanol–water partition coefficient (Wildman–Crippen LogP) is 4.69. The Hall–Kier alpha value is -2.06. The van der Waals surface area contributed by atoms with Crippen LogP contribution in [0.5, 0.6) is 0 Å². The molecule has 1 unspecified atom stereocenters. The summed E-state index contributed by atoms with van der Waals surface area (Å²) in [5.41, 5.74) is 7.00. The Kier molecular flexibility index (Phi) is 3.92. The molecule has 1 heterocycles. The fourth-order valence-electron chi connectivity index (χ4n) is 3.82. The molecule has 4 rings (SSSR count). The first-order valence-electron chi connectivity index (χ1n) is 8.69. The number of nitrogens with one attached hydrogen (secondary N) is 2. The van der Waals surface area contributed by atoms with E-state index in [-0.39, 0.29) is 0 Å². The molecule has 118 valence electrons. The minimum absolute atomic E-state index is 0.468. The lowest BCUT2D eigenvalue weighted by atomic mass is 9.91. The molecule has 0 amide bonds. The van der Waals surface area contributed by atoms with Crippen molar-refractivity contribution >= 4 is 10.9 Å². The van der Waals surface area contributed by atoms with Crippen LogP contribution in [-0.4, -0.2) is 11.5 Å². The molecule has 2 nitrogen and oxygen atoms in total. The SMILES string of the molecule is Cc1ccc2[nH]c3c(c2c1)CCCC3NCCc1ccccc1. The minimum Gasteiger partial charge on any atom is -0.357 e. The maximum Gasteiger partial charge on any atom is 0.0476 e. The maximum atomic E-state index is 3.77. The van der Waals surface area contributed by atoms with Crippen LogP contribution in [0.1, 0.15) is 41.3 Å². The van der Waals surface area contributed by atoms with E-state index in [0.29, 0.717) is 6.04 Å². The number of aromatic nitrogens is 1. The van der Waals surface area contributed by atoms with Gasteiger partial charge in [0.05, 0.1) is 0 Å². The number of rotatable bonds is 4. The number of aromatic amines is 1. The van der Waals surface area contributed by atoms with E-state index < -0.39 is 0 Å². The van der Waals surface area contributed by atoms with Gasteiger partial charge in [-0.25, -0.2) is 0 Å². The molecule has 1 aliphatic rings. The number of hydrogen-bond donors (Lipinski definition) is 2. The van der Waals surface area contributed by atoms with Crippen molar-refractivity contribution in [3.63, 3.8) is 0 Å². The molecule has 0 spiro atoms. The smallest absolute Gasteiger partial charge is 0.0476 e. The summed E-state index contributed by atoms with van der Waals surface area (Å²) in [7, 11) is 0. The van der Waals surface area contributed by atoms with E-state index in [9.17, 15) is 0 Å². The summed E-state index contributed by atoms with van der Waals surface area (Å²) >= 11 is 0. The zero-order valence-electron chi connectivity index (χ0n) is 13.7. The summed E-state index contributed by atoms with van der Waals surface area (Å²) in [6.45, 7) is 3.21. The average Bonchev–Trinajstić information content (AvgIpc) is 2.95.